The van der Waals surface area contributed by atoms with Crippen molar-refractivity contribution in [1.29, 1.82) is 0 Å². The Morgan fingerprint density at radius 1 is 1.18 bits per heavy atom. The lowest BCUT2D eigenvalue weighted by molar-refractivity contribution is -0.123. The van der Waals surface area contributed by atoms with E-state index in [4.69, 9.17) is 25.8 Å². The third kappa shape index (κ3) is 3.68. The fraction of sp³-hybridized carbons (Fsp3) is 0.200. The number of halogens is 1. The molecule has 2 amide bonds. The van der Waals surface area contributed by atoms with Gasteiger partial charge in [-0.2, -0.15) is 0 Å². The molecule has 0 N–H and O–H groups in total. The zero-order valence-electron chi connectivity index (χ0n) is 14.9. The first-order valence-corrected chi connectivity index (χ1v) is 9.81. The van der Waals surface area contributed by atoms with Gasteiger partial charge in [-0.15, -0.1) is 0 Å². The van der Waals surface area contributed by atoms with E-state index in [2.05, 4.69) is 0 Å². The van der Waals surface area contributed by atoms with Crippen LogP contribution in [0, 0.1) is 0 Å². The maximum atomic E-state index is 12.7. The molecule has 1 fully saturated rings. The van der Waals surface area contributed by atoms with E-state index in [0.717, 1.165) is 23.1 Å². The van der Waals surface area contributed by atoms with Gasteiger partial charge in [0.05, 0.1) is 18.1 Å². The number of rotatable bonds is 5. The molecule has 2 aliphatic rings. The van der Waals surface area contributed by atoms with Crippen LogP contribution in [-0.2, 0) is 11.3 Å². The topological polar surface area (TPSA) is 65.1 Å². The molecule has 4 rings (SSSR count). The molecule has 6 nitrogen and oxygen atoms in total. The number of carbonyl (C=O) groups is 2. The number of benzene rings is 2. The van der Waals surface area contributed by atoms with Gasteiger partial charge >= 0.3 is 0 Å². The van der Waals surface area contributed by atoms with E-state index >= 15 is 0 Å². The summed E-state index contributed by atoms with van der Waals surface area (Å²) in [5.41, 5.74) is 1.44. The van der Waals surface area contributed by atoms with Crippen LogP contribution in [0.25, 0.3) is 6.08 Å². The maximum absolute atomic E-state index is 12.7. The maximum Gasteiger partial charge on any atom is 0.293 e. The first-order valence-electron chi connectivity index (χ1n) is 8.61. The van der Waals surface area contributed by atoms with Crippen molar-refractivity contribution < 1.29 is 23.8 Å². The van der Waals surface area contributed by atoms with Gasteiger partial charge < -0.3 is 14.2 Å². The fourth-order valence-corrected chi connectivity index (χ4v) is 3.92. The van der Waals surface area contributed by atoms with Crippen molar-refractivity contribution in [3.8, 4) is 17.2 Å². The normalized spacial score (nSPS) is 16.9. The molecule has 144 valence electrons. The first kappa shape index (κ1) is 18.7. The van der Waals surface area contributed by atoms with Crippen molar-refractivity contribution in [2.45, 2.75) is 13.5 Å². The largest absolute Gasteiger partial charge is 0.494 e. The predicted octanol–water partition coefficient (Wildman–Crippen LogP) is 4.70. The number of ether oxygens (including phenoxy) is 3. The van der Waals surface area contributed by atoms with Crippen LogP contribution in [0.3, 0.4) is 0 Å². The van der Waals surface area contributed by atoms with Crippen molar-refractivity contribution in [2.24, 2.45) is 0 Å². The fourth-order valence-electron chi connectivity index (χ4n) is 2.87. The van der Waals surface area contributed by atoms with Gasteiger partial charge in [-0.05, 0) is 54.1 Å². The molecule has 2 aromatic rings. The molecule has 0 unspecified atom stereocenters. The molecule has 2 heterocycles. The van der Waals surface area contributed by atoms with Gasteiger partial charge in [-0.3, -0.25) is 14.5 Å². The number of carbonyl (C=O) groups excluding carboxylic acids is 2. The van der Waals surface area contributed by atoms with Crippen molar-refractivity contribution in [1.82, 2.24) is 4.90 Å². The Labute approximate surface area is 171 Å². The van der Waals surface area contributed by atoms with Crippen LogP contribution in [0.1, 0.15) is 18.1 Å². The van der Waals surface area contributed by atoms with Crippen molar-refractivity contribution in [3.05, 3.63) is 57.5 Å². The molecule has 0 aromatic heterocycles. The molecule has 0 radical (unpaired) electrons. The van der Waals surface area contributed by atoms with E-state index in [-0.39, 0.29) is 24.5 Å². The van der Waals surface area contributed by atoms with E-state index in [1.807, 2.05) is 31.2 Å². The van der Waals surface area contributed by atoms with Crippen LogP contribution in [0.2, 0.25) is 5.02 Å². The van der Waals surface area contributed by atoms with Crippen LogP contribution >= 0.6 is 23.4 Å². The van der Waals surface area contributed by atoms with Gasteiger partial charge in [0.25, 0.3) is 11.1 Å². The Balaban J connectivity index is 1.53. The second-order valence-corrected chi connectivity index (χ2v) is 7.47. The van der Waals surface area contributed by atoms with E-state index in [1.54, 1.807) is 18.2 Å². The Bertz CT molecular complexity index is 973. The van der Waals surface area contributed by atoms with E-state index < -0.39 is 0 Å². The quantitative estimate of drug-likeness (QED) is 0.657. The van der Waals surface area contributed by atoms with Gasteiger partial charge in [-0.1, -0.05) is 23.7 Å². The number of fused-ring (bicyclic) bond motifs is 1. The summed E-state index contributed by atoms with van der Waals surface area (Å²) in [7, 11) is 0. The average molecular weight is 418 g/mol. The Morgan fingerprint density at radius 3 is 2.61 bits per heavy atom. The Hall–Kier alpha value is -2.64. The molecule has 0 bridgehead atoms. The molecule has 0 aliphatic carbocycles. The molecule has 1 saturated heterocycles. The minimum atomic E-state index is -0.349. The summed E-state index contributed by atoms with van der Waals surface area (Å²) in [6.45, 7) is 2.69. The predicted molar refractivity (Wildman–Crippen MR) is 107 cm³/mol. The van der Waals surface area contributed by atoms with Crippen LogP contribution < -0.4 is 14.2 Å². The summed E-state index contributed by atoms with van der Waals surface area (Å²) in [5.74, 6) is 1.51. The second kappa shape index (κ2) is 7.77. The first-order chi connectivity index (χ1) is 13.5. The minimum Gasteiger partial charge on any atom is -0.494 e. The molecule has 0 saturated carbocycles. The monoisotopic (exact) mass is 417 g/mol. The minimum absolute atomic E-state index is 0.0702. The zero-order valence-corrected chi connectivity index (χ0v) is 16.5. The molecule has 2 aromatic carbocycles. The van der Waals surface area contributed by atoms with Gasteiger partial charge in [0.2, 0.25) is 6.79 Å². The lowest BCUT2D eigenvalue weighted by atomic mass is 10.1. The molecular weight excluding hydrogens is 402 g/mol. The highest BCUT2D eigenvalue weighted by atomic mass is 35.5. The Kier molecular flexibility index (Phi) is 5.19. The number of amides is 2. The summed E-state index contributed by atoms with van der Waals surface area (Å²) in [6, 6.07) is 10.7. The molecule has 28 heavy (non-hydrogen) atoms. The number of hydrogen-bond acceptors (Lipinski definition) is 6. The smallest absolute Gasteiger partial charge is 0.293 e. The van der Waals surface area contributed by atoms with Gasteiger partial charge in [-0.25, -0.2) is 0 Å². The lowest BCUT2D eigenvalue weighted by Gasteiger charge is -2.14. The summed E-state index contributed by atoms with van der Waals surface area (Å²) < 4.78 is 16.0. The third-order valence-electron chi connectivity index (χ3n) is 4.23. The highest BCUT2D eigenvalue weighted by Crippen LogP contribution is 2.39. The number of nitrogens with zero attached hydrogens (tertiary/aromatic N) is 1. The summed E-state index contributed by atoms with van der Waals surface area (Å²) >= 11 is 7.18. The van der Waals surface area contributed by atoms with E-state index in [9.17, 15) is 9.59 Å². The van der Waals surface area contributed by atoms with Gasteiger partial charge in [0.1, 0.15) is 5.75 Å². The van der Waals surface area contributed by atoms with E-state index in [0.29, 0.717) is 33.6 Å². The van der Waals surface area contributed by atoms with Crippen LogP contribution in [0.4, 0.5) is 4.79 Å². The van der Waals surface area contributed by atoms with Crippen molar-refractivity contribution in [2.75, 3.05) is 13.4 Å². The average Bonchev–Trinajstić information content (AvgIpc) is 3.23. The highest BCUT2D eigenvalue weighted by Gasteiger charge is 2.35. The number of hydrogen-bond donors (Lipinski definition) is 0. The van der Waals surface area contributed by atoms with Crippen molar-refractivity contribution >= 4 is 40.6 Å². The molecular formula is C20H16ClNO5S. The van der Waals surface area contributed by atoms with E-state index in [1.165, 1.54) is 4.90 Å². The van der Waals surface area contributed by atoms with Crippen LogP contribution in [-0.4, -0.2) is 29.4 Å². The van der Waals surface area contributed by atoms with Gasteiger partial charge in [0, 0.05) is 11.1 Å². The second-order valence-electron chi connectivity index (χ2n) is 6.07. The van der Waals surface area contributed by atoms with Gasteiger partial charge in [0.15, 0.2) is 11.5 Å². The molecule has 0 spiro atoms. The summed E-state index contributed by atoms with van der Waals surface area (Å²) in [4.78, 5) is 26.7. The summed E-state index contributed by atoms with van der Waals surface area (Å²) in [5, 5.41) is 0.0784. The SMILES string of the molecule is CCOc1ccc(/C=C2/SC(=O)N(Cc3cc4c(cc3Cl)OCO4)C2=O)cc1. The zero-order chi connectivity index (χ0) is 19.7. The standard InChI is InChI=1S/C20H16ClNO5S/c1-2-25-14-5-3-12(4-6-14)7-18-19(23)22(20(24)28-18)10-13-8-16-17(9-15(13)21)27-11-26-16/h3-9H,2,10-11H2,1H3/b18-7+. The molecule has 2 aliphatic heterocycles. The number of thioether (sulfide) groups is 1. The third-order valence-corrected chi connectivity index (χ3v) is 5.49. The number of imide groups is 1. The molecule has 0 atom stereocenters. The van der Waals surface area contributed by atoms with Crippen molar-refractivity contribution in [3.63, 3.8) is 0 Å². The van der Waals surface area contributed by atoms with Crippen LogP contribution in [0.15, 0.2) is 41.3 Å². The molecule has 8 heteroatoms. The highest BCUT2D eigenvalue weighted by molar-refractivity contribution is 8.18. The Morgan fingerprint density at radius 2 is 1.89 bits per heavy atom. The lowest BCUT2D eigenvalue weighted by Crippen LogP contribution is -2.27. The van der Waals surface area contributed by atoms with Crippen LogP contribution in [0.5, 0.6) is 17.2 Å². The summed E-state index contributed by atoms with van der Waals surface area (Å²) in [6.07, 6.45) is 1.70.